The van der Waals surface area contributed by atoms with Crippen molar-refractivity contribution in [2.75, 3.05) is 4.90 Å². The van der Waals surface area contributed by atoms with Crippen molar-refractivity contribution >= 4 is 17.1 Å². The van der Waals surface area contributed by atoms with E-state index in [1.54, 1.807) is 0 Å². The molecule has 0 saturated heterocycles. The molecule has 1 heteroatoms. The Labute approximate surface area is 305 Å². The van der Waals surface area contributed by atoms with E-state index in [9.17, 15) is 0 Å². The van der Waals surface area contributed by atoms with Gasteiger partial charge in [0.05, 0.1) is 0 Å². The van der Waals surface area contributed by atoms with Crippen molar-refractivity contribution in [1.29, 1.82) is 0 Å². The Bertz CT molecular complexity index is 2670. The zero-order chi connectivity index (χ0) is 34.2. The van der Waals surface area contributed by atoms with Crippen molar-refractivity contribution in [2.45, 2.75) is 19.3 Å². The zero-order valence-corrected chi connectivity index (χ0v) is 28.8. The van der Waals surface area contributed by atoms with E-state index in [1.165, 1.54) is 89.0 Å². The minimum atomic E-state index is 0.963. The molecule has 0 fully saturated rings. The van der Waals surface area contributed by atoms with Gasteiger partial charge in [-0.2, -0.15) is 0 Å². The summed E-state index contributed by atoms with van der Waals surface area (Å²) in [6.07, 6.45) is 2.96. The highest BCUT2D eigenvalue weighted by atomic mass is 15.1. The molecule has 3 aliphatic carbocycles. The van der Waals surface area contributed by atoms with Gasteiger partial charge in [0.15, 0.2) is 0 Å². The minimum Gasteiger partial charge on any atom is -0.311 e. The molecule has 0 radical (unpaired) electrons. The first-order chi connectivity index (χ1) is 25.8. The monoisotopic (exact) mass is 661 g/mol. The van der Waals surface area contributed by atoms with Gasteiger partial charge in [0.2, 0.25) is 0 Å². The zero-order valence-electron chi connectivity index (χ0n) is 28.8. The fourth-order valence-corrected chi connectivity index (χ4v) is 9.22. The molecule has 0 bridgehead atoms. The van der Waals surface area contributed by atoms with Gasteiger partial charge < -0.3 is 4.90 Å². The van der Waals surface area contributed by atoms with Gasteiger partial charge in [-0.25, -0.2) is 0 Å². The number of nitrogens with zero attached hydrogens (tertiary/aromatic N) is 1. The number of hydrogen-bond acceptors (Lipinski definition) is 1. The summed E-state index contributed by atoms with van der Waals surface area (Å²) >= 11 is 0. The molecule has 0 heterocycles. The maximum absolute atomic E-state index is 2.53. The Balaban J connectivity index is 1.02. The van der Waals surface area contributed by atoms with E-state index in [0.717, 1.165) is 36.3 Å². The van der Waals surface area contributed by atoms with Crippen LogP contribution in [0.5, 0.6) is 0 Å². The fraction of sp³-hybridized carbons (Fsp3) is 0.0588. The first kappa shape index (κ1) is 29.3. The summed E-state index contributed by atoms with van der Waals surface area (Å²) in [5.41, 5.74) is 26.0. The van der Waals surface area contributed by atoms with Gasteiger partial charge in [0, 0.05) is 17.1 Å². The van der Waals surface area contributed by atoms with Crippen LogP contribution in [0.15, 0.2) is 176 Å². The molecule has 52 heavy (non-hydrogen) atoms. The predicted octanol–water partition coefficient (Wildman–Crippen LogP) is 13.2. The normalized spacial score (nSPS) is 12.8. The van der Waals surface area contributed by atoms with Crippen molar-refractivity contribution in [2.24, 2.45) is 0 Å². The molecule has 244 valence electrons. The molecule has 8 aromatic carbocycles. The molecule has 8 aromatic rings. The Kier molecular flexibility index (Phi) is 6.51. The summed E-state index contributed by atoms with van der Waals surface area (Å²) in [5, 5.41) is 0. The summed E-state index contributed by atoms with van der Waals surface area (Å²) in [4.78, 5) is 2.36. The van der Waals surface area contributed by atoms with Gasteiger partial charge >= 0.3 is 0 Å². The van der Waals surface area contributed by atoms with Crippen LogP contribution in [0.2, 0.25) is 0 Å². The molecule has 3 aliphatic rings. The lowest BCUT2D eigenvalue weighted by Gasteiger charge is -2.26. The lowest BCUT2D eigenvalue weighted by atomic mass is 9.86. The first-order valence-corrected chi connectivity index (χ1v) is 18.4. The molecule has 0 amide bonds. The van der Waals surface area contributed by atoms with E-state index < -0.39 is 0 Å². The lowest BCUT2D eigenvalue weighted by molar-refractivity contribution is 1.23. The fourth-order valence-electron chi connectivity index (χ4n) is 9.22. The summed E-state index contributed by atoms with van der Waals surface area (Å²) in [7, 11) is 0. The van der Waals surface area contributed by atoms with Crippen molar-refractivity contribution in [1.82, 2.24) is 0 Å². The first-order valence-electron chi connectivity index (χ1n) is 18.4. The molecule has 0 saturated carbocycles. The Morgan fingerprint density at radius 1 is 0.288 bits per heavy atom. The van der Waals surface area contributed by atoms with Crippen LogP contribution < -0.4 is 4.90 Å². The second-order valence-electron chi connectivity index (χ2n) is 14.4. The van der Waals surface area contributed by atoms with Gasteiger partial charge in [-0.15, -0.1) is 0 Å². The summed E-state index contributed by atoms with van der Waals surface area (Å²) in [6.45, 7) is 0. The number of hydrogen-bond donors (Lipinski definition) is 0. The van der Waals surface area contributed by atoms with E-state index >= 15 is 0 Å². The molecule has 0 unspecified atom stereocenters. The predicted molar refractivity (Wildman–Crippen MR) is 217 cm³/mol. The van der Waals surface area contributed by atoms with E-state index in [-0.39, 0.29) is 0 Å². The summed E-state index contributed by atoms with van der Waals surface area (Å²) in [5.74, 6) is 0. The van der Waals surface area contributed by atoms with Crippen LogP contribution in [0.3, 0.4) is 0 Å². The molecule has 0 spiro atoms. The Morgan fingerprint density at radius 2 is 0.827 bits per heavy atom. The highest BCUT2D eigenvalue weighted by molar-refractivity contribution is 6.02. The highest BCUT2D eigenvalue weighted by Crippen LogP contribution is 2.55. The van der Waals surface area contributed by atoms with Gasteiger partial charge in [-0.3, -0.25) is 0 Å². The maximum atomic E-state index is 2.53. The maximum Gasteiger partial charge on any atom is 0.0462 e. The smallest absolute Gasteiger partial charge is 0.0462 e. The van der Waals surface area contributed by atoms with E-state index in [4.69, 9.17) is 0 Å². The molecule has 11 rings (SSSR count). The molecule has 0 aliphatic heterocycles. The molecule has 0 N–H and O–H groups in total. The molecular weight excluding hydrogens is 627 g/mol. The third-order valence-corrected chi connectivity index (χ3v) is 11.6. The molecular formula is C51H35N. The number of fused-ring (bicyclic) bond motifs is 11. The van der Waals surface area contributed by atoms with Crippen molar-refractivity contribution in [3.05, 3.63) is 209 Å². The number of benzene rings is 8. The average Bonchev–Trinajstić information content (AvgIpc) is 3.90. The highest BCUT2D eigenvalue weighted by Gasteiger charge is 2.35. The average molecular weight is 662 g/mol. The number of anilines is 3. The van der Waals surface area contributed by atoms with Crippen LogP contribution in [-0.4, -0.2) is 0 Å². The Hall–Kier alpha value is -6.44. The van der Waals surface area contributed by atoms with Crippen LogP contribution in [-0.2, 0) is 19.3 Å². The molecule has 0 atom stereocenters. The lowest BCUT2D eigenvalue weighted by Crippen LogP contribution is -2.09. The largest absolute Gasteiger partial charge is 0.311 e. The van der Waals surface area contributed by atoms with Gasteiger partial charge in [-0.05, 0) is 151 Å². The van der Waals surface area contributed by atoms with Crippen molar-refractivity contribution in [3.8, 4) is 55.6 Å². The third kappa shape index (κ3) is 4.49. The van der Waals surface area contributed by atoms with Crippen molar-refractivity contribution in [3.63, 3.8) is 0 Å². The number of para-hydroxylation sites is 1. The van der Waals surface area contributed by atoms with E-state index in [1.807, 2.05) is 0 Å². The molecule has 0 aromatic heterocycles. The second-order valence-corrected chi connectivity index (χ2v) is 14.4. The summed E-state index contributed by atoms with van der Waals surface area (Å²) in [6, 6.07) is 64.9. The van der Waals surface area contributed by atoms with Crippen LogP contribution in [0.4, 0.5) is 17.1 Å². The van der Waals surface area contributed by atoms with Crippen LogP contribution in [0, 0.1) is 0 Å². The van der Waals surface area contributed by atoms with Crippen LogP contribution >= 0.6 is 0 Å². The quantitative estimate of drug-likeness (QED) is 0.177. The standard InChI is InChI=1S/C51H35N/c1-3-11-33(12-4-1)34-19-24-41(25-20-34)52(40-15-5-2-6-16-40)42-26-21-35(22-27-42)46-32-39-29-38-23-28-45-43-17-9-7-13-36(43)30-47(45)49(38)50(39)51-44-18-10-8-14-37(44)31-48(46)51/h1-28,32H,29-31H2. The van der Waals surface area contributed by atoms with Crippen LogP contribution in [0.1, 0.15) is 33.4 Å². The van der Waals surface area contributed by atoms with Crippen LogP contribution in [0.25, 0.3) is 55.6 Å². The Morgan fingerprint density at radius 3 is 1.54 bits per heavy atom. The molecule has 1 nitrogen and oxygen atoms in total. The number of rotatable bonds is 5. The van der Waals surface area contributed by atoms with Gasteiger partial charge in [-0.1, -0.05) is 133 Å². The minimum absolute atomic E-state index is 0.963. The van der Waals surface area contributed by atoms with E-state index in [2.05, 4.69) is 181 Å². The van der Waals surface area contributed by atoms with Crippen molar-refractivity contribution < 1.29 is 0 Å². The van der Waals surface area contributed by atoms with Gasteiger partial charge in [0.25, 0.3) is 0 Å². The SMILES string of the molecule is c1ccc(-c2ccc(N(c3ccccc3)c3ccc(-c4cc5c(c6c4Cc4ccccc4-6)-c4c(ccc6c4Cc4ccccc4-6)C5)cc3)cc2)cc1. The third-order valence-electron chi connectivity index (χ3n) is 11.6. The van der Waals surface area contributed by atoms with E-state index in [0.29, 0.717) is 0 Å². The topological polar surface area (TPSA) is 3.24 Å². The second kappa shape index (κ2) is 11.5. The summed E-state index contributed by atoms with van der Waals surface area (Å²) < 4.78 is 0. The van der Waals surface area contributed by atoms with Gasteiger partial charge in [0.1, 0.15) is 0 Å².